The van der Waals surface area contributed by atoms with Gasteiger partial charge in [0, 0.05) is 57.5 Å². The Morgan fingerprint density at radius 2 is 1.53 bits per heavy atom. The van der Waals surface area contributed by atoms with Crippen LogP contribution in [0.25, 0.3) is 0 Å². The third kappa shape index (κ3) is 9.81. The molecule has 0 bridgehead atoms. The van der Waals surface area contributed by atoms with Gasteiger partial charge in [0.1, 0.15) is 40.7 Å². The van der Waals surface area contributed by atoms with Crippen LogP contribution in [0.5, 0.6) is 0 Å². The highest BCUT2D eigenvalue weighted by Gasteiger charge is 2.38. The first-order chi connectivity index (χ1) is 23.9. The zero-order valence-corrected chi connectivity index (χ0v) is 31.4. The number of likely N-dealkylation sites (N-methyl/N-ethyl adjacent to an activating group) is 1. The van der Waals surface area contributed by atoms with Crippen molar-refractivity contribution in [2.24, 2.45) is 0 Å². The Morgan fingerprint density at radius 3 is 2.10 bits per heavy atom. The molecule has 2 aromatic rings. The molecule has 2 aliphatic rings. The Kier molecular flexibility index (Phi) is 12.1. The van der Waals surface area contributed by atoms with Crippen molar-refractivity contribution >= 4 is 46.9 Å². The molecule has 0 saturated carbocycles. The number of anilines is 5. The van der Waals surface area contributed by atoms with Crippen molar-refractivity contribution in [3.63, 3.8) is 0 Å². The molecule has 51 heavy (non-hydrogen) atoms. The van der Waals surface area contributed by atoms with Crippen LogP contribution in [-0.4, -0.2) is 109 Å². The number of urea groups is 1. The maximum atomic E-state index is 14.2. The summed E-state index contributed by atoms with van der Waals surface area (Å²) in [7, 11) is 4.44. The number of benzene rings is 1. The lowest BCUT2D eigenvalue weighted by Crippen LogP contribution is -2.52. The molecule has 1 atom stereocenters. The molecule has 15 nitrogen and oxygen atoms in total. The molecule has 4 rings (SSSR count). The van der Waals surface area contributed by atoms with E-state index in [4.69, 9.17) is 24.7 Å². The number of methoxy groups -OCH3 is 2. The zero-order valence-electron chi connectivity index (χ0n) is 31.4. The van der Waals surface area contributed by atoms with Gasteiger partial charge in [0.15, 0.2) is 0 Å². The minimum atomic E-state index is -0.897. The number of hydrogen-bond acceptors (Lipinski definition) is 12. The average molecular weight is 709 g/mol. The maximum absolute atomic E-state index is 14.2. The number of ether oxygens (including phenoxy) is 4. The molecule has 0 radical (unpaired) electrons. The Labute approximate surface area is 300 Å². The fourth-order valence-electron chi connectivity index (χ4n) is 5.61. The number of allylic oxidation sites excluding steroid dienone is 1. The molecule has 4 amide bonds. The maximum Gasteiger partial charge on any atom is 0.420 e. The lowest BCUT2D eigenvalue weighted by atomic mass is 10.0. The number of nitrogen functional groups attached to an aromatic ring is 1. The summed E-state index contributed by atoms with van der Waals surface area (Å²) in [5, 5.41) is 0. The average Bonchev–Trinajstić information content (AvgIpc) is 3.07. The van der Waals surface area contributed by atoms with Crippen LogP contribution < -0.4 is 20.4 Å². The topological polar surface area (TPSA) is 156 Å². The number of rotatable bonds is 8. The van der Waals surface area contributed by atoms with Crippen LogP contribution in [-0.2, 0) is 18.9 Å². The number of piperazine rings is 1. The van der Waals surface area contributed by atoms with Crippen molar-refractivity contribution in [3.8, 4) is 0 Å². The molecule has 278 valence electrons. The monoisotopic (exact) mass is 708 g/mol. The summed E-state index contributed by atoms with van der Waals surface area (Å²) in [6, 6.07) is 5.39. The smallest absolute Gasteiger partial charge is 0.420 e. The van der Waals surface area contributed by atoms with E-state index in [1.807, 2.05) is 12.1 Å². The third-order valence-corrected chi connectivity index (χ3v) is 8.21. The number of carbonyl (C=O) groups is 3. The van der Waals surface area contributed by atoms with E-state index in [1.165, 1.54) is 43.5 Å². The van der Waals surface area contributed by atoms with Gasteiger partial charge in [0.05, 0.1) is 31.6 Å². The van der Waals surface area contributed by atoms with Gasteiger partial charge in [-0.15, -0.1) is 0 Å². The van der Waals surface area contributed by atoms with Crippen molar-refractivity contribution in [2.75, 3.05) is 74.4 Å². The molecule has 0 spiro atoms. The second-order valence-electron chi connectivity index (χ2n) is 14.3. The van der Waals surface area contributed by atoms with Gasteiger partial charge in [-0.25, -0.2) is 34.2 Å². The van der Waals surface area contributed by atoms with Gasteiger partial charge in [0.2, 0.25) is 0 Å². The van der Waals surface area contributed by atoms with Crippen LogP contribution in [0.4, 0.5) is 43.1 Å². The van der Waals surface area contributed by atoms with Gasteiger partial charge in [-0.1, -0.05) is 6.92 Å². The second kappa shape index (κ2) is 15.9. The number of hydrogen-bond donors (Lipinski definition) is 1. The third-order valence-electron chi connectivity index (χ3n) is 8.21. The van der Waals surface area contributed by atoms with Crippen LogP contribution in [0.3, 0.4) is 0 Å². The number of nitrogens with zero attached hydrogens (tertiary/aromatic N) is 7. The van der Waals surface area contributed by atoms with Gasteiger partial charge in [-0.2, -0.15) is 0 Å². The summed E-state index contributed by atoms with van der Waals surface area (Å²) in [6.07, 6.45) is 3.13. The van der Waals surface area contributed by atoms with Gasteiger partial charge >= 0.3 is 18.2 Å². The highest BCUT2D eigenvalue weighted by molar-refractivity contribution is 6.02. The molecule has 1 unspecified atom stereocenters. The van der Waals surface area contributed by atoms with Crippen LogP contribution >= 0.6 is 0 Å². The van der Waals surface area contributed by atoms with E-state index in [-0.39, 0.29) is 18.1 Å². The number of imide groups is 1. The summed E-state index contributed by atoms with van der Waals surface area (Å²) in [4.78, 5) is 58.5. The predicted octanol–water partition coefficient (Wildman–Crippen LogP) is 5.90. The molecule has 1 aromatic heterocycles. The standard InChI is InChI=1S/C36H52N8O7/c1-11-41-14-16-42(17-15-41)24-12-13-29(28(37)20-24)44(34(47)51-36(5,6)7)31-22-30(38-23-39-31)40(8)32(45)43(33(46)50-35(2,3)4)25-18-26(48-9)21-27(19-25)49-10/h12-13,18,20-23,25H,11,14-17,19,37H2,1-10H3. The summed E-state index contributed by atoms with van der Waals surface area (Å²) >= 11 is 0. The number of aromatic nitrogens is 2. The van der Waals surface area contributed by atoms with E-state index >= 15 is 0 Å². The van der Waals surface area contributed by atoms with Crippen molar-refractivity contribution in [2.45, 2.75) is 72.1 Å². The van der Waals surface area contributed by atoms with Crippen molar-refractivity contribution in [3.05, 3.63) is 54.3 Å². The Hall–Kier alpha value is -5.05. The van der Waals surface area contributed by atoms with E-state index in [0.717, 1.165) is 43.3 Å². The summed E-state index contributed by atoms with van der Waals surface area (Å²) in [6.45, 7) is 17.1. The predicted molar refractivity (Wildman–Crippen MR) is 196 cm³/mol. The van der Waals surface area contributed by atoms with Crippen molar-refractivity contribution in [1.82, 2.24) is 19.8 Å². The Bertz CT molecular complexity index is 1640. The lowest BCUT2D eigenvalue weighted by Gasteiger charge is -2.36. The van der Waals surface area contributed by atoms with Crippen LogP contribution in [0.1, 0.15) is 54.9 Å². The van der Waals surface area contributed by atoms with E-state index < -0.39 is 35.5 Å². The fraction of sp³-hybridized carbons (Fsp3) is 0.528. The molecule has 1 aliphatic heterocycles. The van der Waals surface area contributed by atoms with Crippen LogP contribution in [0.15, 0.2) is 54.3 Å². The molecule has 1 aliphatic carbocycles. The molecule has 1 fully saturated rings. The van der Waals surface area contributed by atoms with Crippen LogP contribution in [0, 0.1) is 0 Å². The number of nitrogens with two attached hydrogens (primary N) is 1. The van der Waals surface area contributed by atoms with Gasteiger partial charge in [-0.3, -0.25) is 4.90 Å². The summed E-state index contributed by atoms with van der Waals surface area (Å²) in [5.74, 6) is 1.10. The fourth-order valence-corrected chi connectivity index (χ4v) is 5.61. The second-order valence-corrected chi connectivity index (χ2v) is 14.3. The highest BCUT2D eigenvalue weighted by Crippen LogP contribution is 2.35. The van der Waals surface area contributed by atoms with E-state index in [0.29, 0.717) is 22.9 Å². The number of amides is 4. The largest absolute Gasteiger partial charge is 0.501 e. The first-order valence-electron chi connectivity index (χ1n) is 17.0. The normalized spacial score (nSPS) is 16.7. The van der Waals surface area contributed by atoms with Crippen molar-refractivity contribution < 1.29 is 33.3 Å². The van der Waals surface area contributed by atoms with Crippen molar-refractivity contribution in [1.29, 1.82) is 0 Å². The summed E-state index contributed by atoms with van der Waals surface area (Å²) < 4.78 is 22.3. The number of carbonyl (C=O) groups excluding carboxylic acids is 3. The van der Waals surface area contributed by atoms with E-state index in [1.54, 1.807) is 59.8 Å². The first kappa shape index (κ1) is 38.7. The molecule has 1 saturated heterocycles. The summed E-state index contributed by atoms with van der Waals surface area (Å²) in [5.41, 5.74) is 6.50. The Balaban J connectivity index is 1.71. The minimum Gasteiger partial charge on any atom is -0.501 e. The molecule has 2 heterocycles. The molecule has 2 N–H and O–H groups in total. The Morgan fingerprint density at radius 1 is 0.902 bits per heavy atom. The van der Waals surface area contributed by atoms with Gasteiger partial charge in [-0.05, 0) is 72.4 Å². The molecular formula is C36H52N8O7. The minimum absolute atomic E-state index is 0.0883. The first-order valence-corrected chi connectivity index (χ1v) is 17.0. The molecule has 15 heteroatoms. The zero-order chi connectivity index (χ0) is 37.7. The van der Waals surface area contributed by atoms with Gasteiger partial charge < -0.3 is 34.5 Å². The van der Waals surface area contributed by atoms with E-state index in [2.05, 4.69) is 26.7 Å². The SMILES string of the molecule is CCN1CCN(c2ccc(N(C(=O)OC(C)(C)C)c3cc(N(C)C(=O)N(C(=O)OC(C)(C)C)C4C=C(OC)C=C(OC)C4)ncn3)c(N)c2)CC1. The quantitative estimate of drug-likeness (QED) is 0.325. The molecular weight excluding hydrogens is 656 g/mol. The lowest BCUT2D eigenvalue weighted by molar-refractivity contribution is 0.0277. The van der Waals surface area contributed by atoms with Crippen LogP contribution in [0.2, 0.25) is 0 Å². The van der Waals surface area contributed by atoms with Gasteiger partial charge in [0.25, 0.3) is 0 Å². The molecule has 1 aromatic carbocycles. The highest BCUT2D eigenvalue weighted by atomic mass is 16.6. The van der Waals surface area contributed by atoms with E-state index in [9.17, 15) is 14.4 Å².